The molecular weight excluding hydrogens is 760 g/mol. The van der Waals surface area contributed by atoms with Crippen LogP contribution in [0.3, 0.4) is 0 Å². The minimum absolute atomic E-state index is 0.0555. The van der Waals surface area contributed by atoms with Crippen LogP contribution < -0.4 is 25.0 Å². The molecule has 5 aromatic rings. The van der Waals surface area contributed by atoms with E-state index in [1.807, 2.05) is 19.1 Å². The van der Waals surface area contributed by atoms with Gasteiger partial charge in [-0.15, -0.1) is 5.10 Å². The largest absolute Gasteiger partial charge is 0.497 e. The summed E-state index contributed by atoms with van der Waals surface area (Å²) in [4.78, 5) is 43.1. The lowest BCUT2D eigenvalue weighted by atomic mass is 9.82. The van der Waals surface area contributed by atoms with Gasteiger partial charge in [0, 0.05) is 65.3 Å². The highest BCUT2D eigenvalue weighted by molar-refractivity contribution is 6.72. The molecule has 0 bridgehead atoms. The van der Waals surface area contributed by atoms with Gasteiger partial charge in [-0.05, 0) is 104 Å². The molecule has 15 heteroatoms. The summed E-state index contributed by atoms with van der Waals surface area (Å²) < 4.78 is 35.6. The number of carbonyl (C=O) groups excluding carboxylic acids is 3. The Labute approximate surface area is 337 Å². The van der Waals surface area contributed by atoms with E-state index < -0.39 is 31.6 Å². The predicted octanol–water partition coefficient (Wildman–Crippen LogP) is 6.75. The van der Waals surface area contributed by atoms with E-state index >= 15 is 8.90 Å². The smallest absolute Gasteiger partial charge is 0.264 e. The molecule has 1 aromatic heterocycles. The number of aliphatic hydroxyl groups is 1. The summed E-state index contributed by atoms with van der Waals surface area (Å²) in [5.74, 6) is -0.242. The van der Waals surface area contributed by atoms with Crippen molar-refractivity contribution in [3.05, 3.63) is 125 Å². The summed E-state index contributed by atoms with van der Waals surface area (Å²) in [5.41, 5.74) is 2.41. The average molecular weight is 807 g/mol. The average Bonchev–Trinajstić information content (AvgIpc) is 3.87. The molecule has 3 N–H and O–H groups in total. The normalized spacial score (nSPS) is 19.9. The number of hydrogen-bond donors (Lipinski definition) is 3. The first-order valence-electron chi connectivity index (χ1n) is 19.2. The van der Waals surface area contributed by atoms with Crippen LogP contribution in [0, 0.1) is 5.92 Å². The van der Waals surface area contributed by atoms with Crippen LogP contribution in [0.15, 0.2) is 97.2 Å². The third-order valence-corrected chi connectivity index (χ3v) is 13.5. The van der Waals surface area contributed by atoms with Gasteiger partial charge in [0.05, 0.1) is 38.2 Å². The van der Waals surface area contributed by atoms with E-state index in [1.54, 1.807) is 122 Å². The number of benzene rings is 4. The molecule has 3 amide bonds. The Morgan fingerprint density at radius 3 is 2.05 bits per heavy atom. The van der Waals surface area contributed by atoms with Crippen molar-refractivity contribution in [3.8, 4) is 11.5 Å². The molecule has 302 valence electrons. The summed E-state index contributed by atoms with van der Waals surface area (Å²) in [6.07, 6.45) is 1.87. The Bertz CT molecular complexity index is 2280. The van der Waals surface area contributed by atoms with Gasteiger partial charge < -0.3 is 39.0 Å². The van der Waals surface area contributed by atoms with Crippen LogP contribution in [0.4, 0.5) is 21.2 Å². The van der Waals surface area contributed by atoms with Crippen LogP contribution in [0.25, 0.3) is 0 Å². The van der Waals surface area contributed by atoms with E-state index in [0.717, 1.165) is 5.56 Å². The molecule has 4 atom stereocenters. The molecule has 1 fully saturated rings. The maximum atomic E-state index is 16.5. The fourth-order valence-electron chi connectivity index (χ4n) is 8.26. The summed E-state index contributed by atoms with van der Waals surface area (Å²) >= 11 is 0. The highest BCUT2D eigenvalue weighted by Gasteiger charge is 2.66. The molecule has 2 aliphatic heterocycles. The number of anilines is 3. The van der Waals surface area contributed by atoms with Gasteiger partial charge in [0.25, 0.3) is 17.7 Å². The number of methoxy groups -OCH3 is 2. The lowest BCUT2D eigenvalue weighted by Crippen LogP contribution is -2.45. The van der Waals surface area contributed by atoms with Crippen molar-refractivity contribution in [1.82, 2.24) is 15.0 Å². The van der Waals surface area contributed by atoms with Gasteiger partial charge in [-0.25, -0.2) is 0 Å². The predicted molar refractivity (Wildman–Crippen MR) is 219 cm³/mol. The second-order valence-electron chi connectivity index (χ2n) is 15.2. The number of aromatic nitrogens is 3. The third kappa shape index (κ3) is 7.97. The number of amides is 3. The topological polar surface area (TPSA) is 157 Å². The fourth-order valence-corrected chi connectivity index (χ4v) is 10.8. The molecule has 3 heterocycles. The molecule has 0 unspecified atom stereocenters. The SMILES string of the molecule is COc1ccc(C(=O)Nc2ccc(CN3C(=O)[C@]4(O[C@H](CCn5cc(CCO)nn5)[C@@H]([Si](C)(C)F)[C@@H]4C)c4cc(NC(=O)c5ccc(OC)cc5)ccc43)cc2)cc1. The summed E-state index contributed by atoms with van der Waals surface area (Å²) in [6, 6.07) is 26.1. The lowest BCUT2D eigenvalue weighted by Gasteiger charge is -2.31. The van der Waals surface area contributed by atoms with Crippen molar-refractivity contribution in [2.24, 2.45) is 5.92 Å². The lowest BCUT2D eigenvalue weighted by molar-refractivity contribution is -0.146. The minimum Gasteiger partial charge on any atom is -0.497 e. The van der Waals surface area contributed by atoms with Crippen LogP contribution in [-0.2, 0) is 34.6 Å². The van der Waals surface area contributed by atoms with E-state index in [9.17, 15) is 14.7 Å². The van der Waals surface area contributed by atoms with Gasteiger partial charge in [0.2, 0.25) is 8.41 Å². The molecule has 1 saturated heterocycles. The van der Waals surface area contributed by atoms with Crippen molar-refractivity contribution in [1.29, 1.82) is 0 Å². The third-order valence-electron chi connectivity index (χ3n) is 11.1. The standard InChI is InChI=1S/C43H47FN6O7Si/c1-27-39(58(4,5)44)38(20-22-49-26-33(21-23-51)47-48-49)57-43(27)36-24-32(46-41(53)30-10-17-35(56-3)18-11-30)14-19-37(36)50(42(43)54)25-28-6-12-31(13-7-28)45-40(52)29-8-15-34(55-2)16-9-29/h6-19,24,26-27,38-39,51H,20-23,25H2,1-5H3,(H,45,52)(H,46,53)/t27-,38+,39-,43+/m0/s1. The molecule has 0 saturated carbocycles. The van der Waals surface area contributed by atoms with Crippen LogP contribution >= 0.6 is 0 Å². The van der Waals surface area contributed by atoms with Crippen LogP contribution in [0.5, 0.6) is 11.5 Å². The van der Waals surface area contributed by atoms with Crippen molar-refractivity contribution >= 4 is 43.2 Å². The number of carbonyl (C=O) groups is 3. The van der Waals surface area contributed by atoms with Gasteiger partial charge in [-0.2, -0.15) is 0 Å². The van der Waals surface area contributed by atoms with Gasteiger partial charge in [0.15, 0.2) is 5.60 Å². The number of nitrogens with one attached hydrogen (secondary N) is 2. The van der Waals surface area contributed by atoms with E-state index in [1.165, 1.54) is 0 Å². The Kier molecular flexibility index (Phi) is 11.5. The molecule has 0 aliphatic carbocycles. The Balaban J connectivity index is 1.19. The number of hydrogen-bond acceptors (Lipinski definition) is 9. The second kappa shape index (κ2) is 16.5. The molecule has 58 heavy (non-hydrogen) atoms. The van der Waals surface area contributed by atoms with Gasteiger partial charge >= 0.3 is 0 Å². The zero-order valence-electron chi connectivity index (χ0n) is 33.1. The van der Waals surface area contributed by atoms with Crippen LogP contribution in [0.1, 0.15) is 50.9 Å². The zero-order valence-corrected chi connectivity index (χ0v) is 34.1. The monoisotopic (exact) mass is 806 g/mol. The van der Waals surface area contributed by atoms with E-state index in [0.29, 0.717) is 70.3 Å². The number of aryl methyl sites for hydroxylation is 1. The Morgan fingerprint density at radius 2 is 1.48 bits per heavy atom. The van der Waals surface area contributed by atoms with Crippen molar-refractivity contribution in [2.75, 3.05) is 36.4 Å². The molecule has 0 radical (unpaired) electrons. The van der Waals surface area contributed by atoms with Crippen molar-refractivity contribution in [2.45, 2.75) is 63.2 Å². The molecule has 7 rings (SSSR count). The number of ether oxygens (including phenoxy) is 3. The fraction of sp³-hybridized carbons (Fsp3) is 0.326. The molecule has 2 aliphatic rings. The number of nitrogens with zero attached hydrogens (tertiary/aromatic N) is 4. The maximum absolute atomic E-state index is 16.5. The van der Waals surface area contributed by atoms with Gasteiger partial charge in [-0.1, -0.05) is 24.3 Å². The molecule has 13 nitrogen and oxygen atoms in total. The van der Waals surface area contributed by atoms with Crippen LogP contribution in [-0.4, -0.2) is 73.2 Å². The van der Waals surface area contributed by atoms with E-state index in [2.05, 4.69) is 20.9 Å². The first-order chi connectivity index (χ1) is 27.8. The molecular formula is C43H47FN6O7Si. The van der Waals surface area contributed by atoms with Crippen LogP contribution in [0.2, 0.25) is 18.6 Å². The Morgan fingerprint density at radius 1 is 0.897 bits per heavy atom. The minimum atomic E-state index is -3.47. The highest BCUT2D eigenvalue weighted by Crippen LogP contribution is 2.60. The Hall–Kier alpha value is -5.90. The zero-order chi connectivity index (χ0) is 41.2. The first-order valence-corrected chi connectivity index (χ1v) is 22.1. The van der Waals surface area contributed by atoms with Gasteiger partial charge in [0.1, 0.15) is 11.5 Å². The van der Waals surface area contributed by atoms with E-state index in [4.69, 9.17) is 14.2 Å². The molecule has 1 spiro atoms. The second-order valence-corrected chi connectivity index (χ2v) is 19.0. The van der Waals surface area contributed by atoms with Crippen molar-refractivity contribution in [3.63, 3.8) is 0 Å². The number of rotatable bonds is 14. The number of fused-ring (bicyclic) bond motifs is 2. The number of halogens is 1. The van der Waals surface area contributed by atoms with Crippen molar-refractivity contribution < 1.29 is 37.8 Å². The summed E-state index contributed by atoms with van der Waals surface area (Å²) in [5, 5.41) is 23.5. The van der Waals surface area contributed by atoms with Gasteiger partial charge in [-0.3, -0.25) is 19.1 Å². The van der Waals surface area contributed by atoms with E-state index in [-0.39, 0.29) is 30.9 Å². The maximum Gasteiger partial charge on any atom is 0.264 e. The summed E-state index contributed by atoms with van der Waals surface area (Å²) in [7, 11) is -0.358. The number of aliphatic hydroxyl groups excluding tert-OH is 1. The highest BCUT2D eigenvalue weighted by atomic mass is 28.4. The molecule has 4 aromatic carbocycles. The quantitative estimate of drug-likeness (QED) is 0.0817. The summed E-state index contributed by atoms with van der Waals surface area (Å²) in [6.45, 7) is 5.68. The first kappa shape index (κ1) is 40.3.